The molecule has 0 radical (unpaired) electrons. The van der Waals surface area contributed by atoms with Crippen LogP contribution in [0.2, 0.25) is 5.28 Å². The van der Waals surface area contributed by atoms with Gasteiger partial charge in [0.2, 0.25) is 5.28 Å². The monoisotopic (exact) mass is 311 g/mol. The van der Waals surface area contributed by atoms with Crippen molar-refractivity contribution in [1.82, 2.24) is 19.5 Å². The number of nitrogen functional groups attached to an aromatic ring is 1. The molecule has 2 aliphatic carbocycles. The third kappa shape index (κ3) is 1.53. The summed E-state index contributed by atoms with van der Waals surface area (Å²) in [7, 11) is 0. The van der Waals surface area contributed by atoms with E-state index in [-0.39, 0.29) is 23.6 Å². The largest absolute Gasteiger partial charge is 0.396 e. The molecule has 2 aromatic rings. The third-order valence-corrected chi connectivity index (χ3v) is 5.06. The van der Waals surface area contributed by atoms with E-state index < -0.39 is 23.7 Å². The van der Waals surface area contributed by atoms with Crippen LogP contribution in [-0.4, -0.2) is 53.7 Å². The maximum absolute atomic E-state index is 10.3. The van der Waals surface area contributed by atoms with Crippen LogP contribution in [0.25, 0.3) is 11.2 Å². The minimum Gasteiger partial charge on any atom is -0.396 e. The molecule has 8 nitrogen and oxygen atoms in total. The van der Waals surface area contributed by atoms with Crippen LogP contribution in [0.3, 0.4) is 0 Å². The summed E-state index contributed by atoms with van der Waals surface area (Å²) < 4.78 is 1.67. The molecule has 1 unspecified atom stereocenters. The van der Waals surface area contributed by atoms with Gasteiger partial charge in [0.1, 0.15) is 11.6 Å². The standard InChI is InChI=1S/C12H14ClN5O3/c13-11-16-9(14)5-10(17-11)18(3-15-5)6-4-1-12(4,2-19)8(21)7(6)20/h3-4,6-8,19-21H,1-2H2,(H2,14,16,17)/t4-,6-,7?,8-,12+/m1/s1. The second-order valence-corrected chi connectivity index (χ2v) is 6.17. The molecule has 0 saturated heterocycles. The molecular weight excluding hydrogens is 298 g/mol. The fourth-order valence-electron chi connectivity index (χ4n) is 3.68. The summed E-state index contributed by atoms with van der Waals surface area (Å²) in [5, 5.41) is 30.0. The Balaban J connectivity index is 1.85. The molecule has 0 bridgehead atoms. The van der Waals surface area contributed by atoms with E-state index in [0.717, 1.165) is 0 Å². The highest BCUT2D eigenvalue weighted by molar-refractivity contribution is 6.28. The van der Waals surface area contributed by atoms with Gasteiger partial charge in [-0.3, -0.25) is 0 Å². The van der Waals surface area contributed by atoms with Gasteiger partial charge < -0.3 is 25.6 Å². The van der Waals surface area contributed by atoms with Crippen molar-refractivity contribution >= 4 is 28.6 Å². The summed E-state index contributed by atoms with van der Waals surface area (Å²) in [6.07, 6.45) is 0.201. The molecule has 0 spiro atoms. The SMILES string of the molecule is Nc1nc(Cl)nc2c1ncn2[C@H]1C(O)[C@@H](O)[C@]2(CO)C[C@H]12. The van der Waals surface area contributed by atoms with Crippen molar-refractivity contribution in [3.8, 4) is 0 Å². The molecule has 2 aliphatic rings. The second-order valence-electron chi connectivity index (χ2n) is 5.83. The van der Waals surface area contributed by atoms with Gasteiger partial charge in [-0.2, -0.15) is 9.97 Å². The first-order valence-electron chi connectivity index (χ1n) is 6.62. The molecule has 2 aromatic heterocycles. The molecule has 112 valence electrons. The topological polar surface area (TPSA) is 130 Å². The van der Waals surface area contributed by atoms with Crippen molar-refractivity contribution in [2.75, 3.05) is 12.3 Å². The quantitative estimate of drug-likeness (QED) is 0.541. The van der Waals surface area contributed by atoms with Gasteiger partial charge in [0.05, 0.1) is 25.1 Å². The average molecular weight is 312 g/mol. The third-order valence-electron chi connectivity index (χ3n) is 4.89. The van der Waals surface area contributed by atoms with Crippen LogP contribution in [0.15, 0.2) is 6.33 Å². The van der Waals surface area contributed by atoms with E-state index in [1.165, 1.54) is 6.33 Å². The van der Waals surface area contributed by atoms with Crippen LogP contribution >= 0.6 is 11.6 Å². The van der Waals surface area contributed by atoms with E-state index in [2.05, 4.69) is 15.0 Å². The summed E-state index contributed by atoms with van der Waals surface area (Å²) in [6, 6.07) is -0.414. The Kier molecular flexibility index (Phi) is 2.54. The van der Waals surface area contributed by atoms with Gasteiger partial charge in [-0.15, -0.1) is 0 Å². The van der Waals surface area contributed by atoms with Crippen LogP contribution in [-0.2, 0) is 0 Å². The highest BCUT2D eigenvalue weighted by atomic mass is 35.5. The summed E-state index contributed by atoms with van der Waals surface area (Å²) in [5.74, 6) is 0.140. The zero-order valence-corrected chi connectivity index (χ0v) is 11.6. The van der Waals surface area contributed by atoms with Crippen LogP contribution in [0.4, 0.5) is 5.82 Å². The van der Waals surface area contributed by atoms with Gasteiger partial charge in [-0.05, 0) is 23.9 Å². The zero-order chi connectivity index (χ0) is 14.9. The van der Waals surface area contributed by atoms with E-state index in [1.807, 2.05) is 0 Å². The minimum atomic E-state index is -0.997. The van der Waals surface area contributed by atoms with Gasteiger partial charge in [0.25, 0.3) is 0 Å². The number of aliphatic hydroxyl groups excluding tert-OH is 3. The molecule has 2 fully saturated rings. The number of hydrogen-bond donors (Lipinski definition) is 4. The summed E-state index contributed by atoms with van der Waals surface area (Å²) in [6.45, 7) is -0.156. The Bertz CT molecular complexity index is 737. The first kappa shape index (κ1) is 13.2. The number of fused-ring (bicyclic) bond motifs is 2. The Morgan fingerprint density at radius 2 is 2.19 bits per heavy atom. The van der Waals surface area contributed by atoms with E-state index in [0.29, 0.717) is 17.6 Å². The number of anilines is 1. The van der Waals surface area contributed by atoms with Crippen LogP contribution in [0.1, 0.15) is 12.5 Å². The Labute approximate surface area is 124 Å². The Morgan fingerprint density at radius 3 is 2.86 bits per heavy atom. The number of rotatable bonds is 2. The molecule has 2 saturated carbocycles. The molecule has 5 atom stereocenters. The minimum absolute atomic E-state index is 0.000923. The van der Waals surface area contributed by atoms with Crippen LogP contribution in [0, 0.1) is 11.3 Å². The molecule has 9 heteroatoms. The van der Waals surface area contributed by atoms with Crippen molar-refractivity contribution in [2.45, 2.75) is 24.7 Å². The van der Waals surface area contributed by atoms with E-state index >= 15 is 0 Å². The lowest BCUT2D eigenvalue weighted by molar-refractivity contribution is -0.0300. The zero-order valence-electron chi connectivity index (χ0n) is 10.9. The smallest absolute Gasteiger partial charge is 0.226 e. The van der Waals surface area contributed by atoms with E-state index in [9.17, 15) is 15.3 Å². The Hall–Kier alpha value is -1.48. The average Bonchev–Trinajstić information content (AvgIpc) is 2.97. The lowest BCUT2D eigenvalue weighted by Gasteiger charge is -2.23. The van der Waals surface area contributed by atoms with E-state index in [1.54, 1.807) is 4.57 Å². The number of hydrogen-bond acceptors (Lipinski definition) is 7. The molecule has 4 rings (SSSR count). The maximum atomic E-state index is 10.3. The normalized spacial score (nSPS) is 37.9. The maximum Gasteiger partial charge on any atom is 0.226 e. The molecular formula is C12H14ClN5O3. The molecule has 0 amide bonds. The highest BCUT2D eigenvalue weighted by Crippen LogP contribution is 2.67. The molecule has 21 heavy (non-hydrogen) atoms. The molecule has 5 N–H and O–H groups in total. The summed E-state index contributed by atoms with van der Waals surface area (Å²) in [4.78, 5) is 12.1. The fraction of sp³-hybridized carbons (Fsp3) is 0.583. The van der Waals surface area contributed by atoms with Crippen LogP contribution in [0.5, 0.6) is 0 Å². The predicted octanol–water partition coefficient (Wildman–Crippen LogP) is -0.663. The van der Waals surface area contributed by atoms with Gasteiger partial charge in [0.15, 0.2) is 11.5 Å². The predicted molar refractivity (Wildman–Crippen MR) is 73.4 cm³/mol. The number of aromatic nitrogens is 4. The number of nitrogens with two attached hydrogens (primary N) is 1. The fourth-order valence-corrected chi connectivity index (χ4v) is 3.85. The number of halogens is 1. The van der Waals surface area contributed by atoms with Gasteiger partial charge >= 0.3 is 0 Å². The lowest BCUT2D eigenvalue weighted by Crippen LogP contribution is -2.35. The number of imidazole rings is 1. The van der Waals surface area contributed by atoms with Crippen LogP contribution < -0.4 is 5.73 Å². The summed E-state index contributed by atoms with van der Waals surface area (Å²) >= 11 is 5.83. The molecule has 0 aromatic carbocycles. The van der Waals surface area contributed by atoms with Crippen molar-refractivity contribution in [1.29, 1.82) is 0 Å². The van der Waals surface area contributed by atoms with Crippen molar-refractivity contribution in [2.24, 2.45) is 11.3 Å². The van der Waals surface area contributed by atoms with Gasteiger partial charge in [-0.25, -0.2) is 4.98 Å². The molecule has 0 aliphatic heterocycles. The van der Waals surface area contributed by atoms with E-state index in [4.69, 9.17) is 17.3 Å². The van der Waals surface area contributed by atoms with Crippen molar-refractivity contribution in [3.63, 3.8) is 0 Å². The van der Waals surface area contributed by atoms with Gasteiger partial charge in [0, 0.05) is 5.41 Å². The van der Waals surface area contributed by atoms with Gasteiger partial charge in [-0.1, -0.05) is 0 Å². The Morgan fingerprint density at radius 1 is 1.43 bits per heavy atom. The number of nitrogens with zero attached hydrogens (tertiary/aromatic N) is 4. The summed E-state index contributed by atoms with van der Waals surface area (Å²) in [5.41, 5.74) is 5.97. The second kappa shape index (κ2) is 4.04. The number of aliphatic hydroxyl groups is 3. The molecule has 2 heterocycles. The highest BCUT2D eigenvalue weighted by Gasteiger charge is 2.71. The first-order chi connectivity index (χ1) is 9.99. The van der Waals surface area contributed by atoms with Crippen molar-refractivity contribution < 1.29 is 15.3 Å². The van der Waals surface area contributed by atoms with Crippen molar-refractivity contribution in [3.05, 3.63) is 11.6 Å². The lowest BCUT2D eigenvalue weighted by atomic mass is 10.0. The first-order valence-corrected chi connectivity index (χ1v) is 7.00.